The van der Waals surface area contributed by atoms with Gasteiger partial charge >= 0.3 is 0 Å². The molecule has 2 atom stereocenters. The molecule has 28 heavy (non-hydrogen) atoms. The van der Waals surface area contributed by atoms with E-state index < -0.39 is 0 Å². The van der Waals surface area contributed by atoms with Gasteiger partial charge in [0, 0.05) is 18.3 Å². The average molecular weight is 386 g/mol. The molecule has 1 nitrogen and oxygen atoms in total. The van der Waals surface area contributed by atoms with Gasteiger partial charge in [0.2, 0.25) is 0 Å². The van der Waals surface area contributed by atoms with Gasteiger partial charge in [0.05, 0.1) is 0 Å². The molecule has 2 heteroatoms. The van der Waals surface area contributed by atoms with E-state index in [-0.39, 0.29) is 5.82 Å². The van der Waals surface area contributed by atoms with E-state index in [1.54, 1.807) is 12.1 Å². The SMILES string of the molecule is CCCC(C)CC(C)N1CCCCCCC(/C=C(\C)c2ccc(F)cc2)=C/1C. The summed E-state index contributed by atoms with van der Waals surface area (Å²) in [5.74, 6) is 0.607. The van der Waals surface area contributed by atoms with Crippen LogP contribution in [0.25, 0.3) is 5.57 Å². The molecule has 0 saturated heterocycles. The standard InChI is InChI=1S/C26H40FN/c1-6-11-20(2)18-22(4)28-17-10-8-7-9-12-25(23(28)5)19-21(3)24-13-15-26(27)16-14-24/h13-16,19-20,22H,6-12,17-18H2,1-5H3/b21-19+,25-23-. The summed E-state index contributed by atoms with van der Waals surface area (Å²) in [6, 6.07) is 7.47. The molecule has 0 aromatic heterocycles. The Morgan fingerprint density at radius 2 is 1.79 bits per heavy atom. The molecule has 2 rings (SSSR count). The maximum atomic E-state index is 13.3. The van der Waals surface area contributed by atoms with E-state index in [9.17, 15) is 4.39 Å². The van der Waals surface area contributed by atoms with Crippen LogP contribution in [-0.2, 0) is 0 Å². The first-order chi connectivity index (χ1) is 13.4. The maximum Gasteiger partial charge on any atom is 0.123 e. The number of hydrogen-bond acceptors (Lipinski definition) is 1. The molecule has 0 fully saturated rings. The molecule has 1 aromatic carbocycles. The highest BCUT2D eigenvalue weighted by molar-refractivity contribution is 5.66. The Morgan fingerprint density at radius 3 is 2.46 bits per heavy atom. The number of benzene rings is 1. The zero-order valence-corrected chi connectivity index (χ0v) is 18.7. The normalized spacial score (nSPS) is 21.6. The van der Waals surface area contributed by atoms with Crippen molar-refractivity contribution >= 4 is 5.57 Å². The second kappa shape index (κ2) is 11.4. The van der Waals surface area contributed by atoms with Crippen LogP contribution in [0, 0.1) is 11.7 Å². The van der Waals surface area contributed by atoms with Crippen molar-refractivity contribution in [3.8, 4) is 0 Å². The molecule has 156 valence electrons. The lowest BCUT2D eigenvalue weighted by Crippen LogP contribution is -2.34. The first-order valence-corrected chi connectivity index (χ1v) is 11.3. The van der Waals surface area contributed by atoms with Crippen LogP contribution < -0.4 is 0 Å². The van der Waals surface area contributed by atoms with E-state index in [1.807, 2.05) is 12.1 Å². The van der Waals surface area contributed by atoms with Crippen LogP contribution in [0.5, 0.6) is 0 Å². The molecule has 0 N–H and O–H groups in total. The third kappa shape index (κ3) is 6.79. The largest absolute Gasteiger partial charge is 0.372 e. The summed E-state index contributed by atoms with van der Waals surface area (Å²) in [6.45, 7) is 12.7. The Morgan fingerprint density at radius 1 is 1.11 bits per heavy atom. The van der Waals surface area contributed by atoms with Crippen molar-refractivity contribution in [3.63, 3.8) is 0 Å². The van der Waals surface area contributed by atoms with Crippen molar-refractivity contribution < 1.29 is 4.39 Å². The van der Waals surface area contributed by atoms with Crippen LogP contribution in [0.1, 0.15) is 91.5 Å². The van der Waals surface area contributed by atoms with Crippen LogP contribution in [-0.4, -0.2) is 17.5 Å². The molecule has 0 bridgehead atoms. The smallest absolute Gasteiger partial charge is 0.123 e. The number of allylic oxidation sites excluding steroid dienone is 4. The fraction of sp³-hybridized carbons (Fsp3) is 0.615. The van der Waals surface area contributed by atoms with Crippen molar-refractivity contribution in [2.75, 3.05) is 6.54 Å². The lowest BCUT2D eigenvalue weighted by molar-refractivity contribution is 0.225. The predicted octanol–water partition coefficient (Wildman–Crippen LogP) is 7.98. The highest BCUT2D eigenvalue weighted by Crippen LogP contribution is 2.28. The maximum absolute atomic E-state index is 13.3. The highest BCUT2D eigenvalue weighted by Gasteiger charge is 2.19. The van der Waals surface area contributed by atoms with Gasteiger partial charge < -0.3 is 4.90 Å². The quantitative estimate of drug-likeness (QED) is 0.460. The van der Waals surface area contributed by atoms with Crippen molar-refractivity contribution in [2.45, 2.75) is 92.0 Å². The molecule has 0 saturated carbocycles. The summed E-state index contributed by atoms with van der Waals surface area (Å²) in [4.78, 5) is 2.67. The fourth-order valence-electron chi connectivity index (χ4n) is 4.59. The van der Waals surface area contributed by atoms with Gasteiger partial charge in [-0.1, -0.05) is 57.7 Å². The minimum atomic E-state index is -0.171. The first kappa shape index (κ1) is 22.7. The summed E-state index contributed by atoms with van der Waals surface area (Å²) >= 11 is 0. The lowest BCUT2D eigenvalue weighted by Gasteiger charge is -2.35. The molecule has 1 aromatic rings. The Kier molecular flexibility index (Phi) is 9.28. The van der Waals surface area contributed by atoms with E-state index in [2.05, 4.69) is 45.6 Å². The Balaban J connectivity index is 2.29. The average Bonchev–Trinajstić information content (AvgIpc) is 2.74. The number of hydrogen-bond donors (Lipinski definition) is 0. The summed E-state index contributed by atoms with van der Waals surface area (Å²) < 4.78 is 13.3. The molecule has 1 aliphatic heterocycles. The van der Waals surface area contributed by atoms with Gasteiger partial charge in [-0.25, -0.2) is 4.39 Å². The monoisotopic (exact) mass is 385 g/mol. The van der Waals surface area contributed by atoms with Crippen LogP contribution in [0.15, 0.2) is 41.6 Å². The minimum absolute atomic E-state index is 0.171. The van der Waals surface area contributed by atoms with Crippen LogP contribution >= 0.6 is 0 Å². The minimum Gasteiger partial charge on any atom is -0.372 e. The molecule has 0 radical (unpaired) electrons. The van der Waals surface area contributed by atoms with E-state index in [0.717, 1.165) is 17.9 Å². The molecule has 0 amide bonds. The molecular formula is C26H40FN. The van der Waals surface area contributed by atoms with Gasteiger partial charge in [-0.05, 0) is 81.2 Å². The van der Waals surface area contributed by atoms with E-state index in [0.29, 0.717) is 6.04 Å². The first-order valence-electron chi connectivity index (χ1n) is 11.3. The third-order valence-electron chi connectivity index (χ3n) is 6.24. The van der Waals surface area contributed by atoms with Crippen molar-refractivity contribution in [1.82, 2.24) is 4.90 Å². The van der Waals surface area contributed by atoms with Gasteiger partial charge in [-0.3, -0.25) is 0 Å². The van der Waals surface area contributed by atoms with E-state index >= 15 is 0 Å². The lowest BCUT2D eigenvalue weighted by atomic mass is 9.95. The zero-order valence-electron chi connectivity index (χ0n) is 18.7. The Hall–Kier alpha value is -1.57. The third-order valence-corrected chi connectivity index (χ3v) is 6.24. The van der Waals surface area contributed by atoms with Gasteiger partial charge in [0.1, 0.15) is 5.82 Å². The van der Waals surface area contributed by atoms with Crippen LogP contribution in [0.3, 0.4) is 0 Å². The van der Waals surface area contributed by atoms with Gasteiger partial charge in [-0.2, -0.15) is 0 Å². The van der Waals surface area contributed by atoms with Crippen LogP contribution in [0.2, 0.25) is 0 Å². The molecule has 1 aliphatic rings. The van der Waals surface area contributed by atoms with Crippen molar-refractivity contribution in [2.24, 2.45) is 5.92 Å². The molecular weight excluding hydrogens is 345 g/mol. The highest BCUT2D eigenvalue weighted by atomic mass is 19.1. The van der Waals surface area contributed by atoms with Gasteiger partial charge in [0.15, 0.2) is 0 Å². The molecule has 0 spiro atoms. The van der Waals surface area contributed by atoms with Crippen molar-refractivity contribution in [3.05, 3.63) is 53.0 Å². The predicted molar refractivity (Wildman–Crippen MR) is 121 cm³/mol. The summed E-state index contributed by atoms with van der Waals surface area (Å²) in [7, 11) is 0. The fourth-order valence-corrected chi connectivity index (χ4v) is 4.59. The topological polar surface area (TPSA) is 3.24 Å². The second-order valence-electron chi connectivity index (χ2n) is 8.78. The molecule has 1 heterocycles. The van der Waals surface area contributed by atoms with E-state index in [4.69, 9.17) is 0 Å². The van der Waals surface area contributed by atoms with Gasteiger partial charge in [-0.15, -0.1) is 0 Å². The number of nitrogens with zero attached hydrogens (tertiary/aromatic N) is 1. The van der Waals surface area contributed by atoms with Crippen LogP contribution in [0.4, 0.5) is 4.39 Å². The van der Waals surface area contributed by atoms with Crippen molar-refractivity contribution in [1.29, 1.82) is 0 Å². The number of rotatable bonds is 7. The number of halogens is 1. The molecule has 0 aliphatic carbocycles. The van der Waals surface area contributed by atoms with Gasteiger partial charge in [0.25, 0.3) is 0 Å². The Labute approximate surface area is 172 Å². The Bertz CT molecular complexity index is 656. The zero-order chi connectivity index (χ0) is 20.5. The second-order valence-corrected chi connectivity index (χ2v) is 8.78. The summed E-state index contributed by atoms with van der Waals surface area (Å²) in [5.41, 5.74) is 5.23. The molecule has 2 unspecified atom stereocenters. The summed E-state index contributed by atoms with van der Waals surface area (Å²) in [5, 5.41) is 0. The van der Waals surface area contributed by atoms with E-state index in [1.165, 1.54) is 68.3 Å². The summed E-state index contributed by atoms with van der Waals surface area (Å²) in [6.07, 6.45) is 12.5.